The molecule has 0 fully saturated rings. The minimum Gasteiger partial charge on any atom is -0.280 e. The molecule has 0 bridgehead atoms. The van der Waals surface area contributed by atoms with Crippen molar-refractivity contribution >= 4 is 22.8 Å². The van der Waals surface area contributed by atoms with Crippen molar-refractivity contribution in [1.82, 2.24) is 14.5 Å². The molecule has 0 aliphatic carbocycles. The van der Waals surface area contributed by atoms with Crippen molar-refractivity contribution < 1.29 is 4.39 Å². The molecule has 2 aromatic heterocycles. The Morgan fingerprint density at radius 2 is 1.95 bits per heavy atom. The Labute approximate surface area is 127 Å². The number of hydrogen-bond donors (Lipinski definition) is 0. The molecule has 0 atom stereocenters. The first-order chi connectivity index (χ1) is 10.1. The van der Waals surface area contributed by atoms with Crippen LogP contribution in [0.4, 0.5) is 4.39 Å². The average Bonchev–Trinajstić information content (AvgIpc) is 2.79. The van der Waals surface area contributed by atoms with Crippen LogP contribution in [0, 0.1) is 19.7 Å². The van der Waals surface area contributed by atoms with Crippen LogP contribution in [0.25, 0.3) is 16.9 Å². The summed E-state index contributed by atoms with van der Waals surface area (Å²) in [5.74, 6) is 0.977. The highest BCUT2D eigenvalue weighted by Crippen LogP contribution is 2.24. The highest BCUT2D eigenvalue weighted by molar-refractivity contribution is 6.17. The molecule has 0 aliphatic heterocycles. The van der Waals surface area contributed by atoms with Crippen molar-refractivity contribution in [1.29, 1.82) is 0 Å². The third kappa shape index (κ3) is 2.51. The number of benzene rings is 1. The van der Waals surface area contributed by atoms with Crippen molar-refractivity contribution in [3.8, 4) is 5.69 Å². The molecule has 0 radical (unpaired) electrons. The zero-order chi connectivity index (χ0) is 15.0. The second-order valence-electron chi connectivity index (χ2n) is 5.03. The van der Waals surface area contributed by atoms with Crippen LogP contribution < -0.4 is 0 Å². The Kier molecular flexibility index (Phi) is 3.64. The predicted octanol–water partition coefficient (Wildman–Crippen LogP) is 3.96. The zero-order valence-corrected chi connectivity index (χ0v) is 12.7. The summed E-state index contributed by atoms with van der Waals surface area (Å²) >= 11 is 5.88. The van der Waals surface area contributed by atoms with E-state index in [2.05, 4.69) is 9.97 Å². The number of rotatable bonds is 3. The summed E-state index contributed by atoms with van der Waals surface area (Å²) < 4.78 is 15.6. The van der Waals surface area contributed by atoms with E-state index in [1.165, 1.54) is 12.1 Å². The molecule has 3 rings (SSSR count). The second kappa shape index (κ2) is 5.45. The molecule has 0 saturated carbocycles. The molecule has 0 aliphatic rings. The summed E-state index contributed by atoms with van der Waals surface area (Å²) in [7, 11) is 0. The van der Waals surface area contributed by atoms with Crippen molar-refractivity contribution in [2.24, 2.45) is 0 Å². The second-order valence-corrected chi connectivity index (χ2v) is 5.41. The highest BCUT2D eigenvalue weighted by Gasteiger charge is 2.15. The number of hydrogen-bond acceptors (Lipinski definition) is 2. The monoisotopic (exact) mass is 303 g/mol. The SMILES string of the molecule is Cc1ccc2nc(CCCl)n(-c3cc(F)ccc3C)c2n1. The Bertz CT molecular complexity index is 811. The van der Waals surface area contributed by atoms with Crippen LogP contribution in [0.1, 0.15) is 17.1 Å². The Morgan fingerprint density at radius 3 is 2.71 bits per heavy atom. The predicted molar refractivity (Wildman–Crippen MR) is 82.7 cm³/mol. The topological polar surface area (TPSA) is 30.7 Å². The fourth-order valence-corrected chi connectivity index (χ4v) is 2.60. The van der Waals surface area contributed by atoms with Crippen molar-refractivity contribution in [3.63, 3.8) is 0 Å². The van der Waals surface area contributed by atoms with Gasteiger partial charge >= 0.3 is 0 Å². The van der Waals surface area contributed by atoms with E-state index in [0.29, 0.717) is 12.3 Å². The summed E-state index contributed by atoms with van der Waals surface area (Å²) in [4.78, 5) is 9.14. The molecule has 3 nitrogen and oxygen atoms in total. The maximum absolute atomic E-state index is 13.7. The number of imidazole rings is 1. The van der Waals surface area contributed by atoms with E-state index in [1.54, 1.807) is 6.07 Å². The summed E-state index contributed by atoms with van der Waals surface area (Å²) in [6.07, 6.45) is 0.604. The van der Waals surface area contributed by atoms with Crippen LogP contribution in [0.3, 0.4) is 0 Å². The minimum absolute atomic E-state index is 0.276. The van der Waals surface area contributed by atoms with Gasteiger partial charge in [0.05, 0.1) is 5.69 Å². The third-order valence-electron chi connectivity index (χ3n) is 3.44. The number of aromatic nitrogens is 3. The quantitative estimate of drug-likeness (QED) is 0.686. The molecule has 2 heterocycles. The summed E-state index contributed by atoms with van der Waals surface area (Å²) in [6.45, 7) is 3.87. The lowest BCUT2D eigenvalue weighted by atomic mass is 10.2. The van der Waals surface area contributed by atoms with Crippen LogP contribution in [0.5, 0.6) is 0 Å². The van der Waals surface area contributed by atoms with E-state index < -0.39 is 0 Å². The van der Waals surface area contributed by atoms with E-state index >= 15 is 0 Å². The molecular formula is C16H15ClFN3. The lowest BCUT2D eigenvalue weighted by molar-refractivity contribution is 0.626. The summed E-state index contributed by atoms with van der Waals surface area (Å²) in [5, 5.41) is 0. The molecule has 108 valence electrons. The molecule has 0 spiro atoms. The molecule has 0 amide bonds. The molecular weight excluding hydrogens is 289 g/mol. The van der Waals surface area contributed by atoms with E-state index in [1.807, 2.05) is 30.5 Å². The van der Waals surface area contributed by atoms with E-state index in [9.17, 15) is 4.39 Å². The number of alkyl halides is 1. The maximum atomic E-state index is 13.7. The highest BCUT2D eigenvalue weighted by atomic mass is 35.5. The van der Waals surface area contributed by atoms with Gasteiger partial charge in [-0.05, 0) is 43.7 Å². The van der Waals surface area contributed by atoms with Gasteiger partial charge in [0.2, 0.25) is 0 Å². The Hall–Kier alpha value is -1.94. The standard InChI is InChI=1S/C16H15ClFN3/c1-10-3-5-12(18)9-14(10)21-15(7-8-17)20-13-6-4-11(2)19-16(13)21/h3-6,9H,7-8H2,1-2H3. The minimum atomic E-state index is -0.276. The summed E-state index contributed by atoms with van der Waals surface area (Å²) in [6, 6.07) is 8.58. The van der Waals surface area contributed by atoms with Gasteiger partial charge in [-0.2, -0.15) is 0 Å². The maximum Gasteiger partial charge on any atom is 0.164 e. The number of pyridine rings is 1. The summed E-state index contributed by atoms with van der Waals surface area (Å²) in [5.41, 5.74) is 4.16. The zero-order valence-electron chi connectivity index (χ0n) is 11.9. The Balaban J connectivity index is 2.35. The molecule has 0 saturated heterocycles. The van der Waals surface area contributed by atoms with Gasteiger partial charge in [0.15, 0.2) is 5.65 Å². The van der Waals surface area contributed by atoms with Gasteiger partial charge in [-0.1, -0.05) is 6.07 Å². The van der Waals surface area contributed by atoms with E-state index in [0.717, 1.165) is 33.9 Å². The van der Waals surface area contributed by atoms with Gasteiger partial charge in [-0.3, -0.25) is 4.57 Å². The first-order valence-corrected chi connectivity index (χ1v) is 7.31. The smallest absolute Gasteiger partial charge is 0.164 e. The van der Waals surface area contributed by atoms with Crippen molar-refractivity contribution in [2.75, 3.05) is 5.88 Å². The van der Waals surface area contributed by atoms with E-state index in [4.69, 9.17) is 11.6 Å². The number of halogens is 2. The fourth-order valence-electron chi connectivity index (χ4n) is 2.43. The molecule has 1 aromatic carbocycles. The van der Waals surface area contributed by atoms with Crippen LogP contribution in [0.2, 0.25) is 0 Å². The molecule has 21 heavy (non-hydrogen) atoms. The van der Waals surface area contributed by atoms with E-state index in [-0.39, 0.29) is 5.82 Å². The first kappa shape index (κ1) is 14.0. The van der Waals surface area contributed by atoms with Gasteiger partial charge < -0.3 is 0 Å². The van der Waals surface area contributed by atoms with Gasteiger partial charge in [-0.25, -0.2) is 14.4 Å². The van der Waals surface area contributed by atoms with Gasteiger partial charge in [-0.15, -0.1) is 11.6 Å². The van der Waals surface area contributed by atoms with Crippen LogP contribution >= 0.6 is 11.6 Å². The van der Waals surface area contributed by atoms with Gasteiger partial charge in [0.1, 0.15) is 17.2 Å². The Morgan fingerprint density at radius 1 is 1.14 bits per heavy atom. The van der Waals surface area contributed by atoms with Gasteiger partial charge in [0.25, 0.3) is 0 Å². The fraction of sp³-hybridized carbons (Fsp3) is 0.250. The van der Waals surface area contributed by atoms with Crippen molar-refractivity contribution in [2.45, 2.75) is 20.3 Å². The molecule has 0 unspecified atom stereocenters. The lowest BCUT2D eigenvalue weighted by Gasteiger charge is -2.11. The van der Waals surface area contributed by atoms with Crippen LogP contribution in [-0.4, -0.2) is 20.4 Å². The number of nitrogens with zero attached hydrogens (tertiary/aromatic N) is 3. The largest absolute Gasteiger partial charge is 0.280 e. The van der Waals surface area contributed by atoms with Crippen molar-refractivity contribution in [3.05, 3.63) is 53.2 Å². The van der Waals surface area contributed by atoms with Crippen LogP contribution in [0.15, 0.2) is 30.3 Å². The first-order valence-electron chi connectivity index (χ1n) is 6.77. The molecule has 5 heteroatoms. The average molecular weight is 304 g/mol. The lowest BCUT2D eigenvalue weighted by Crippen LogP contribution is -2.05. The number of fused-ring (bicyclic) bond motifs is 1. The third-order valence-corrected chi connectivity index (χ3v) is 3.63. The number of aryl methyl sites for hydroxylation is 3. The molecule has 0 N–H and O–H groups in total. The van der Waals surface area contributed by atoms with Crippen LogP contribution in [-0.2, 0) is 6.42 Å². The van der Waals surface area contributed by atoms with Gasteiger partial charge in [0, 0.05) is 18.0 Å². The normalized spacial score (nSPS) is 11.2. The molecule has 3 aromatic rings.